The van der Waals surface area contributed by atoms with Crippen molar-refractivity contribution < 1.29 is 4.79 Å². The van der Waals surface area contributed by atoms with Gasteiger partial charge in [-0.3, -0.25) is 4.79 Å². The first kappa shape index (κ1) is 13.7. The summed E-state index contributed by atoms with van der Waals surface area (Å²) in [6.45, 7) is 8.80. The third-order valence-electron chi connectivity index (χ3n) is 3.75. The highest BCUT2D eigenvalue weighted by atomic mass is 16.2. The monoisotopic (exact) mass is 261 g/mol. The fourth-order valence-corrected chi connectivity index (χ4v) is 2.41. The number of hydrogen-bond donors (Lipinski definition) is 2. The molecule has 0 saturated carbocycles. The minimum Gasteiger partial charge on any atom is -0.382 e. The minimum atomic E-state index is 0.118. The van der Waals surface area contributed by atoms with Gasteiger partial charge in [-0.2, -0.15) is 0 Å². The number of hydrogen-bond acceptors (Lipinski definition) is 3. The molecule has 4 heteroatoms. The second-order valence-electron chi connectivity index (χ2n) is 4.96. The molecule has 1 atom stereocenters. The lowest BCUT2D eigenvalue weighted by molar-refractivity contribution is 0.0700. The van der Waals surface area contributed by atoms with Crippen LogP contribution in [0.4, 0.5) is 11.4 Å². The lowest BCUT2D eigenvalue weighted by Gasteiger charge is -2.28. The van der Waals surface area contributed by atoms with Gasteiger partial charge in [0.1, 0.15) is 0 Å². The first-order chi connectivity index (χ1) is 9.17. The Balaban J connectivity index is 2.23. The van der Waals surface area contributed by atoms with Gasteiger partial charge in [-0.25, -0.2) is 0 Å². The van der Waals surface area contributed by atoms with E-state index in [1.54, 1.807) is 0 Å². The van der Waals surface area contributed by atoms with Crippen molar-refractivity contribution >= 4 is 17.3 Å². The average molecular weight is 261 g/mol. The summed E-state index contributed by atoms with van der Waals surface area (Å²) in [7, 11) is 0. The van der Waals surface area contributed by atoms with E-state index in [0.29, 0.717) is 0 Å². The Hall–Kier alpha value is -1.71. The summed E-state index contributed by atoms with van der Waals surface area (Å²) in [5.74, 6) is 0.118. The number of carbonyl (C=O) groups is 1. The molecule has 1 aromatic carbocycles. The Morgan fingerprint density at radius 3 is 2.58 bits per heavy atom. The van der Waals surface area contributed by atoms with Crippen molar-refractivity contribution in [2.75, 3.05) is 30.3 Å². The van der Waals surface area contributed by atoms with Gasteiger partial charge in [-0.05, 0) is 38.5 Å². The predicted molar refractivity (Wildman–Crippen MR) is 79.9 cm³/mol. The molecule has 1 unspecified atom stereocenters. The molecule has 2 rings (SSSR count). The van der Waals surface area contributed by atoms with Crippen LogP contribution in [0, 0.1) is 0 Å². The summed E-state index contributed by atoms with van der Waals surface area (Å²) in [6.07, 6.45) is 0.977. The summed E-state index contributed by atoms with van der Waals surface area (Å²) in [5, 5.41) is 6.64. The van der Waals surface area contributed by atoms with E-state index in [-0.39, 0.29) is 11.9 Å². The van der Waals surface area contributed by atoms with E-state index in [1.807, 2.05) is 30.0 Å². The van der Waals surface area contributed by atoms with E-state index < -0.39 is 0 Å². The summed E-state index contributed by atoms with van der Waals surface area (Å²) < 4.78 is 0. The zero-order chi connectivity index (χ0) is 13.8. The Morgan fingerprint density at radius 1 is 1.26 bits per heavy atom. The number of fused-ring (bicyclic) bond motifs is 1. The van der Waals surface area contributed by atoms with Crippen LogP contribution in [-0.4, -0.2) is 36.5 Å². The third kappa shape index (κ3) is 2.83. The zero-order valence-corrected chi connectivity index (χ0v) is 12.0. The molecule has 1 aliphatic rings. The third-order valence-corrected chi connectivity index (χ3v) is 3.75. The summed E-state index contributed by atoms with van der Waals surface area (Å²) >= 11 is 0. The maximum absolute atomic E-state index is 12.5. The van der Waals surface area contributed by atoms with Crippen LogP contribution < -0.4 is 10.6 Å². The molecule has 0 spiro atoms. The number of benzene rings is 1. The highest BCUT2D eigenvalue weighted by Crippen LogP contribution is 2.26. The molecule has 1 aromatic rings. The van der Waals surface area contributed by atoms with E-state index in [4.69, 9.17) is 0 Å². The molecule has 0 saturated heterocycles. The maximum atomic E-state index is 12.5. The lowest BCUT2D eigenvalue weighted by atomic mass is 10.1. The highest BCUT2D eigenvalue weighted by Gasteiger charge is 2.20. The van der Waals surface area contributed by atoms with Gasteiger partial charge in [0.15, 0.2) is 0 Å². The molecule has 0 aromatic heterocycles. The second-order valence-corrected chi connectivity index (χ2v) is 4.96. The SMILES string of the molecule is CCC(C)N(CC)C(=O)c1ccc2c(c1)NCCN2. The number of nitrogens with zero attached hydrogens (tertiary/aromatic N) is 1. The van der Waals surface area contributed by atoms with Crippen LogP contribution in [0.1, 0.15) is 37.6 Å². The Bertz CT molecular complexity index is 459. The molecule has 1 heterocycles. The fourth-order valence-electron chi connectivity index (χ4n) is 2.41. The molecule has 4 nitrogen and oxygen atoms in total. The largest absolute Gasteiger partial charge is 0.382 e. The van der Waals surface area contributed by atoms with Crippen molar-refractivity contribution in [3.63, 3.8) is 0 Å². The van der Waals surface area contributed by atoms with Crippen molar-refractivity contribution in [3.05, 3.63) is 23.8 Å². The fraction of sp³-hybridized carbons (Fsp3) is 0.533. The van der Waals surface area contributed by atoms with Gasteiger partial charge in [-0.1, -0.05) is 6.92 Å². The number of nitrogens with one attached hydrogen (secondary N) is 2. The molecule has 0 aliphatic carbocycles. The molecule has 0 bridgehead atoms. The van der Waals surface area contributed by atoms with Crippen molar-refractivity contribution in [3.8, 4) is 0 Å². The highest BCUT2D eigenvalue weighted by molar-refractivity contribution is 5.96. The second kappa shape index (κ2) is 5.95. The van der Waals surface area contributed by atoms with Crippen LogP contribution in [0.3, 0.4) is 0 Å². The smallest absolute Gasteiger partial charge is 0.254 e. The van der Waals surface area contributed by atoms with E-state index in [0.717, 1.165) is 43.0 Å². The first-order valence-electron chi connectivity index (χ1n) is 7.10. The van der Waals surface area contributed by atoms with Crippen LogP contribution in [0.25, 0.3) is 0 Å². The van der Waals surface area contributed by atoms with Gasteiger partial charge < -0.3 is 15.5 Å². The first-order valence-corrected chi connectivity index (χ1v) is 7.10. The van der Waals surface area contributed by atoms with Crippen molar-refractivity contribution in [2.45, 2.75) is 33.2 Å². The zero-order valence-electron chi connectivity index (χ0n) is 12.0. The summed E-state index contributed by atoms with van der Waals surface area (Å²) in [4.78, 5) is 14.5. The molecule has 0 fully saturated rings. The lowest BCUT2D eigenvalue weighted by Crippen LogP contribution is -2.38. The standard InChI is InChI=1S/C15H23N3O/c1-4-11(3)18(5-2)15(19)12-6-7-13-14(10-12)17-9-8-16-13/h6-7,10-11,16-17H,4-5,8-9H2,1-3H3. The predicted octanol–water partition coefficient (Wildman–Crippen LogP) is 2.78. The minimum absolute atomic E-state index is 0.118. The van der Waals surface area contributed by atoms with E-state index in [2.05, 4.69) is 24.5 Å². The molecule has 104 valence electrons. The number of anilines is 2. The maximum Gasteiger partial charge on any atom is 0.254 e. The summed E-state index contributed by atoms with van der Waals surface area (Å²) in [6, 6.07) is 6.12. The van der Waals surface area contributed by atoms with Crippen molar-refractivity contribution in [2.24, 2.45) is 0 Å². The molecule has 1 aliphatic heterocycles. The van der Waals surface area contributed by atoms with Crippen molar-refractivity contribution in [1.29, 1.82) is 0 Å². The molecule has 0 radical (unpaired) electrons. The van der Waals surface area contributed by atoms with E-state index >= 15 is 0 Å². The van der Waals surface area contributed by atoms with Crippen LogP contribution in [0.2, 0.25) is 0 Å². The van der Waals surface area contributed by atoms with Gasteiger partial charge >= 0.3 is 0 Å². The van der Waals surface area contributed by atoms with Crippen LogP contribution in [0.5, 0.6) is 0 Å². The van der Waals surface area contributed by atoms with Gasteiger partial charge in [0.2, 0.25) is 0 Å². The molecule has 2 N–H and O–H groups in total. The quantitative estimate of drug-likeness (QED) is 0.876. The van der Waals surface area contributed by atoms with E-state index in [1.165, 1.54) is 0 Å². The number of rotatable bonds is 4. The normalized spacial score (nSPS) is 14.9. The molecule has 19 heavy (non-hydrogen) atoms. The number of amides is 1. The van der Waals surface area contributed by atoms with Crippen LogP contribution >= 0.6 is 0 Å². The average Bonchev–Trinajstić information content (AvgIpc) is 2.47. The van der Waals surface area contributed by atoms with Crippen molar-refractivity contribution in [1.82, 2.24) is 4.90 Å². The van der Waals surface area contributed by atoms with Gasteiger partial charge in [-0.15, -0.1) is 0 Å². The Morgan fingerprint density at radius 2 is 1.95 bits per heavy atom. The molecule has 1 amide bonds. The van der Waals surface area contributed by atoms with Crippen LogP contribution in [-0.2, 0) is 0 Å². The Kier molecular flexibility index (Phi) is 4.30. The van der Waals surface area contributed by atoms with Gasteiger partial charge in [0.05, 0.1) is 11.4 Å². The molecular weight excluding hydrogens is 238 g/mol. The Labute approximate surface area is 115 Å². The topological polar surface area (TPSA) is 44.4 Å². The number of carbonyl (C=O) groups excluding carboxylic acids is 1. The van der Waals surface area contributed by atoms with Crippen LogP contribution in [0.15, 0.2) is 18.2 Å². The van der Waals surface area contributed by atoms with E-state index in [9.17, 15) is 4.79 Å². The molecular formula is C15H23N3O. The summed E-state index contributed by atoms with van der Waals surface area (Å²) in [5.41, 5.74) is 2.86. The van der Waals surface area contributed by atoms with Gasteiger partial charge in [0.25, 0.3) is 5.91 Å². The van der Waals surface area contributed by atoms with Gasteiger partial charge in [0, 0.05) is 31.2 Å².